The molecule has 0 aliphatic rings. The average molecular weight is 435 g/mol. The largest absolute Gasteiger partial charge is 0.573 e. The Morgan fingerprint density at radius 1 is 1.19 bits per heavy atom. The summed E-state index contributed by atoms with van der Waals surface area (Å²) < 4.78 is 48.2. The van der Waals surface area contributed by atoms with Crippen molar-refractivity contribution in [2.24, 2.45) is 0 Å². The molecule has 0 amide bonds. The summed E-state index contributed by atoms with van der Waals surface area (Å²) in [6.45, 7) is 0.796. The average Bonchev–Trinajstić information content (AvgIpc) is 3.24. The number of alkyl halides is 3. The first-order chi connectivity index (χ1) is 14.7. The number of H-pyrrole nitrogens is 1. The predicted octanol–water partition coefficient (Wildman–Crippen LogP) is 3.90. The molecule has 2 aromatic heterocycles. The van der Waals surface area contributed by atoms with Gasteiger partial charge in [-0.05, 0) is 30.3 Å². The number of hydrogen-bond donors (Lipinski definition) is 3. The first-order valence-corrected chi connectivity index (χ1v) is 8.98. The Balaban J connectivity index is 1.69. The van der Waals surface area contributed by atoms with Crippen LogP contribution in [0.25, 0.3) is 22.1 Å². The van der Waals surface area contributed by atoms with E-state index in [1.165, 1.54) is 30.3 Å². The van der Waals surface area contributed by atoms with E-state index in [9.17, 15) is 23.1 Å². The third-order valence-electron chi connectivity index (χ3n) is 4.43. The van der Waals surface area contributed by atoms with Crippen LogP contribution in [0.2, 0.25) is 0 Å². The molecule has 0 unspecified atom stereocenters. The molecule has 0 radical (unpaired) electrons. The third kappa shape index (κ3) is 4.38. The van der Waals surface area contributed by atoms with E-state index in [4.69, 9.17) is 4.74 Å². The Kier molecular flexibility index (Phi) is 5.15. The van der Waals surface area contributed by atoms with Crippen LogP contribution in [0.1, 0.15) is 10.4 Å². The van der Waals surface area contributed by atoms with Gasteiger partial charge in [0.2, 0.25) is 11.9 Å². The number of ether oxygens (including phenoxy) is 2. The van der Waals surface area contributed by atoms with Gasteiger partial charge in [0.05, 0.1) is 34.2 Å². The van der Waals surface area contributed by atoms with Gasteiger partial charge in [-0.25, -0.2) is 14.8 Å². The van der Waals surface area contributed by atoms with Crippen molar-refractivity contribution in [1.82, 2.24) is 19.5 Å². The lowest BCUT2D eigenvalue weighted by atomic mass is 10.2. The van der Waals surface area contributed by atoms with E-state index in [0.29, 0.717) is 41.2 Å². The maximum atomic E-state index is 12.4. The molecule has 4 aromatic rings. The summed E-state index contributed by atoms with van der Waals surface area (Å²) in [7, 11) is 1.55. The number of nitrogens with zero attached hydrogens (tertiary/aromatic N) is 3. The summed E-state index contributed by atoms with van der Waals surface area (Å²) >= 11 is 0. The van der Waals surface area contributed by atoms with Gasteiger partial charge >= 0.3 is 12.3 Å². The minimum atomic E-state index is -4.80. The van der Waals surface area contributed by atoms with Crippen LogP contribution < -0.4 is 10.1 Å². The third-order valence-corrected chi connectivity index (χ3v) is 4.43. The Bertz CT molecular complexity index is 1260. The Labute approximate surface area is 172 Å². The van der Waals surface area contributed by atoms with E-state index in [2.05, 4.69) is 25.0 Å². The van der Waals surface area contributed by atoms with E-state index < -0.39 is 12.3 Å². The van der Waals surface area contributed by atoms with Crippen molar-refractivity contribution in [3.63, 3.8) is 0 Å². The van der Waals surface area contributed by atoms with Crippen molar-refractivity contribution in [1.29, 1.82) is 0 Å². The highest BCUT2D eigenvalue weighted by Gasteiger charge is 2.31. The molecule has 9 nitrogen and oxygen atoms in total. The molecular weight excluding hydrogens is 419 g/mol. The van der Waals surface area contributed by atoms with Crippen molar-refractivity contribution in [2.75, 3.05) is 19.0 Å². The quantitative estimate of drug-likeness (QED) is 0.403. The van der Waals surface area contributed by atoms with Crippen molar-refractivity contribution in [2.45, 2.75) is 12.9 Å². The van der Waals surface area contributed by atoms with Crippen molar-refractivity contribution < 1.29 is 32.5 Å². The molecule has 4 rings (SSSR count). The molecule has 12 heteroatoms. The number of nitrogens with one attached hydrogen (secondary N) is 2. The second kappa shape index (κ2) is 7.80. The summed E-state index contributed by atoms with van der Waals surface area (Å²) in [6.07, 6.45) is -4.80. The maximum absolute atomic E-state index is 12.4. The van der Waals surface area contributed by atoms with E-state index in [-0.39, 0.29) is 17.3 Å². The Morgan fingerprint density at radius 2 is 2.00 bits per heavy atom. The van der Waals surface area contributed by atoms with Crippen LogP contribution in [0.5, 0.6) is 5.75 Å². The van der Waals surface area contributed by atoms with Gasteiger partial charge in [-0.1, -0.05) is 0 Å². The Hall–Kier alpha value is -3.80. The fourth-order valence-electron chi connectivity index (χ4n) is 3.12. The number of imidazole rings is 2. The molecule has 3 N–H and O–H groups in total. The summed E-state index contributed by atoms with van der Waals surface area (Å²) in [5, 5.41) is 12.2. The minimum absolute atomic E-state index is 0.0939. The molecular formula is C19H16F3N5O4. The zero-order valence-corrected chi connectivity index (χ0v) is 16.0. The monoisotopic (exact) mass is 435 g/mol. The topological polar surface area (TPSA) is 114 Å². The van der Waals surface area contributed by atoms with E-state index in [0.717, 1.165) is 0 Å². The smallest absolute Gasteiger partial charge is 0.478 e. The van der Waals surface area contributed by atoms with Crippen LogP contribution in [-0.2, 0) is 11.3 Å². The SMILES string of the molecule is COCCn1c(Nc2nc3ccc(OC(F)(F)F)cc3[nH]2)nc2cc(C(=O)O)ccc21. The number of aromatic carboxylic acids is 1. The molecule has 0 spiro atoms. The van der Waals surface area contributed by atoms with Crippen LogP contribution in [0.3, 0.4) is 0 Å². The summed E-state index contributed by atoms with van der Waals surface area (Å²) in [6, 6.07) is 8.32. The minimum Gasteiger partial charge on any atom is -0.478 e. The lowest BCUT2D eigenvalue weighted by Gasteiger charge is -2.08. The lowest BCUT2D eigenvalue weighted by molar-refractivity contribution is -0.274. The first kappa shape index (κ1) is 20.5. The molecule has 0 fully saturated rings. The number of halogens is 3. The number of carbonyl (C=O) groups is 1. The number of anilines is 2. The number of hydrogen-bond acceptors (Lipinski definition) is 6. The van der Waals surface area contributed by atoms with Gasteiger partial charge in [0.15, 0.2) is 0 Å². The normalized spacial score (nSPS) is 11.9. The van der Waals surface area contributed by atoms with Crippen LogP contribution in [0.15, 0.2) is 36.4 Å². The van der Waals surface area contributed by atoms with Crippen LogP contribution in [-0.4, -0.2) is 50.7 Å². The predicted molar refractivity (Wildman–Crippen MR) is 105 cm³/mol. The zero-order chi connectivity index (χ0) is 22.2. The van der Waals surface area contributed by atoms with Gasteiger partial charge in [-0.2, -0.15) is 0 Å². The van der Waals surface area contributed by atoms with E-state index in [1.54, 1.807) is 17.7 Å². The molecule has 31 heavy (non-hydrogen) atoms. The van der Waals surface area contributed by atoms with Gasteiger partial charge in [-0.15, -0.1) is 13.2 Å². The molecule has 0 saturated carbocycles. The molecule has 162 valence electrons. The van der Waals surface area contributed by atoms with Crippen LogP contribution in [0.4, 0.5) is 25.1 Å². The highest BCUT2D eigenvalue weighted by Crippen LogP contribution is 2.28. The fourth-order valence-corrected chi connectivity index (χ4v) is 3.12. The Morgan fingerprint density at radius 3 is 2.71 bits per heavy atom. The summed E-state index contributed by atoms with van der Waals surface area (Å²) in [5.41, 5.74) is 1.98. The van der Waals surface area contributed by atoms with Gasteiger partial charge in [0.1, 0.15) is 5.75 Å². The number of benzene rings is 2. The second-order valence-corrected chi connectivity index (χ2v) is 6.53. The summed E-state index contributed by atoms with van der Waals surface area (Å²) in [4.78, 5) is 22.9. The number of fused-ring (bicyclic) bond motifs is 2. The number of carboxylic acid groups (broad SMARTS) is 1. The molecule has 0 saturated heterocycles. The van der Waals surface area contributed by atoms with Crippen molar-refractivity contribution >= 4 is 39.9 Å². The summed E-state index contributed by atoms with van der Waals surface area (Å²) in [5.74, 6) is -0.840. The van der Waals surface area contributed by atoms with E-state index in [1.807, 2.05) is 0 Å². The molecule has 0 aliphatic carbocycles. The van der Waals surface area contributed by atoms with Crippen LogP contribution in [0, 0.1) is 0 Å². The molecule has 0 atom stereocenters. The van der Waals surface area contributed by atoms with E-state index >= 15 is 0 Å². The second-order valence-electron chi connectivity index (χ2n) is 6.53. The number of aromatic nitrogens is 4. The van der Waals surface area contributed by atoms with Gasteiger partial charge in [0, 0.05) is 19.7 Å². The van der Waals surface area contributed by atoms with Gasteiger partial charge in [-0.3, -0.25) is 5.32 Å². The number of carboxylic acids is 1. The van der Waals surface area contributed by atoms with Gasteiger partial charge < -0.3 is 24.1 Å². The molecule has 2 aromatic carbocycles. The lowest BCUT2D eigenvalue weighted by Crippen LogP contribution is -2.16. The first-order valence-electron chi connectivity index (χ1n) is 8.98. The molecule has 0 bridgehead atoms. The molecule has 0 aliphatic heterocycles. The number of rotatable bonds is 7. The standard InChI is InChI=1S/C19H16F3N5O4/c1-30-7-6-27-15-5-2-10(16(28)29)8-14(15)25-18(27)26-17-23-12-4-3-11(9-13(12)24-17)31-19(20,21)22/h2-5,8-9H,6-7H2,1H3,(H,28,29)(H2,23,24,25,26). The van der Waals surface area contributed by atoms with Gasteiger partial charge in [0.25, 0.3) is 0 Å². The van der Waals surface area contributed by atoms with Crippen LogP contribution >= 0.6 is 0 Å². The highest BCUT2D eigenvalue weighted by molar-refractivity contribution is 5.93. The number of aromatic amines is 1. The van der Waals surface area contributed by atoms with Crippen molar-refractivity contribution in [3.8, 4) is 5.75 Å². The number of methoxy groups -OCH3 is 1. The van der Waals surface area contributed by atoms with Crippen molar-refractivity contribution in [3.05, 3.63) is 42.0 Å². The molecule has 2 heterocycles. The fraction of sp³-hybridized carbons (Fsp3) is 0.211. The zero-order valence-electron chi connectivity index (χ0n) is 16.0. The maximum Gasteiger partial charge on any atom is 0.573 e. The highest BCUT2D eigenvalue weighted by atomic mass is 19.4.